The van der Waals surface area contributed by atoms with Gasteiger partial charge in [0.1, 0.15) is 11.5 Å². The van der Waals surface area contributed by atoms with Crippen molar-refractivity contribution in [2.45, 2.75) is 25.8 Å². The van der Waals surface area contributed by atoms with E-state index in [4.69, 9.17) is 4.52 Å². The molecule has 3 aromatic rings. The molecule has 1 saturated heterocycles. The summed E-state index contributed by atoms with van der Waals surface area (Å²) in [6, 6.07) is 6.00. The molecule has 0 saturated carbocycles. The SMILES string of the molecule is Cc1cc(C2CCCN2c2ccc3nnnn3n2)no1. The lowest BCUT2D eigenvalue weighted by Gasteiger charge is -2.23. The molecular formula is C12H13N7O. The zero-order valence-corrected chi connectivity index (χ0v) is 11.0. The highest BCUT2D eigenvalue weighted by molar-refractivity contribution is 5.46. The molecule has 1 atom stereocenters. The monoisotopic (exact) mass is 271 g/mol. The number of rotatable bonds is 2. The van der Waals surface area contributed by atoms with Crippen molar-refractivity contribution in [1.82, 2.24) is 30.4 Å². The van der Waals surface area contributed by atoms with Gasteiger partial charge in [-0.1, -0.05) is 5.16 Å². The van der Waals surface area contributed by atoms with Gasteiger partial charge >= 0.3 is 0 Å². The number of hydrogen-bond donors (Lipinski definition) is 0. The van der Waals surface area contributed by atoms with E-state index in [0.717, 1.165) is 36.7 Å². The molecule has 0 aromatic carbocycles. The van der Waals surface area contributed by atoms with Crippen LogP contribution in [0, 0.1) is 6.92 Å². The third-order valence-corrected chi connectivity index (χ3v) is 3.59. The summed E-state index contributed by atoms with van der Waals surface area (Å²) in [5.74, 6) is 1.68. The molecule has 1 aliphatic rings. The number of hydrogen-bond acceptors (Lipinski definition) is 7. The Morgan fingerprint density at radius 3 is 3.15 bits per heavy atom. The highest BCUT2D eigenvalue weighted by Gasteiger charge is 2.29. The summed E-state index contributed by atoms with van der Waals surface area (Å²) >= 11 is 0. The van der Waals surface area contributed by atoms with E-state index in [2.05, 4.69) is 30.7 Å². The largest absolute Gasteiger partial charge is 0.361 e. The fourth-order valence-electron chi connectivity index (χ4n) is 2.68. The summed E-state index contributed by atoms with van der Waals surface area (Å²) in [7, 11) is 0. The fraction of sp³-hybridized carbons (Fsp3) is 0.417. The van der Waals surface area contributed by atoms with Crippen LogP contribution in [0.1, 0.15) is 30.3 Å². The molecule has 8 nitrogen and oxygen atoms in total. The first-order valence-corrected chi connectivity index (χ1v) is 6.56. The van der Waals surface area contributed by atoms with Gasteiger partial charge in [0.05, 0.1) is 6.04 Å². The predicted octanol–water partition coefficient (Wildman–Crippen LogP) is 1.16. The first-order valence-electron chi connectivity index (χ1n) is 6.56. The van der Waals surface area contributed by atoms with Gasteiger partial charge in [-0.15, -0.1) is 14.8 Å². The first-order chi connectivity index (χ1) is 9.81. The highest BCUT2D eigenvalue weighted by Crippen LogP contribution is 2.34. The average molecular weight is 271 g/mol. The molecule has 1 aliphatic heterocycles. The second-order valence-electron chi connectivity index (χ2n) is 4.93. The Bertz CT molecular complexity index is 749. The van der Waals surface area contributed by atoms with Crippen LogP contribution in [-0.2, 0) is 0 Å². The van der Waals surface area contributed by atoms with Gasteiger partial charge in [0.25, 0.3) is 0 Å². The molecule has 0 N–H and O–H groups in total. The minimum Gasteiger partial charge on any atom is -0.361 e. The topological polar surface area (TPSA) is 85.2 Å². The molecule has 1 unspecified atom stereocenters. The standard InChI is InChI=1S/C12H13N7O/c1-8-7-9(15-20-8)10-3-2-6-18(10)12-5-4-11-13-16-17-19(11)14-12/h4-5,7,10H,2-3,6H2,1H3. The molecule has 102 valence electrons. The second-order valence-corrected chi connectivity index (χ2v) is 4.93. The molecule has 0 amide bonds. The predicted molar refractivity (Wildman–Crippen MR) is 69.1 cm³/mol. The van der Waals surface area contributed by atoms with E-state index >= 15 is 0 Å². The molecule has 0 radical (unpaired) electrons. The molecule has 4 heterocycles. The Morgan fingerprint density at radius 1 is 1.35 bits per heavy atom. The Morgan fingerprint density at radius 2 is 2.30 bits per heavy atom. The maximum atomic E-state index is 5.18. The van der Waals surface area contributed by atoms with E-state index in [1.165, 1.54) is 4.63 Å². The zero-order valence-electron chi connectivity index (χ0n) is 11.0. The quantitative estimate of drug-likeness (QED) is 0.691. The molecule has 0 bridgehead atoms. The van der Waals surface area contributed by atoms with Crippen LogP contribution in [0.4, 0.5) is 5.82 Å². The molecule has 4 rings (SSSR count). The molecule has 0 aliphatic carbocycles. The third kappa shape index (κ3) is 1.72. The Labute approximate surface area is 114 Å². The Kier molecular flexibility index (Phi) is 2.41. The third-order valence-electron chi connectivity index (χ3n) is 3.59. The summed E-state index contributed by atoms with van der Waals surface area (Å²) in [6.07, 6.45) is 2.15. The van der Waals surface area contributed by atoms with Crippen LogP contribution < -0.4 is 4.90 Å². The number of anilines is 1. The lowest BCUT2D eigenvalue weighted by atomic mass is 10.1. The average Bonchev–Trinajstić information content (AvgIpc) is 3.17. The molecule has 3 aromatic heterocycles. The van der Waals surface area contributed by atoms with Crippen LogP contribution in [0.25, 0.3) is 5.65 Å². The number of aryl methyl sites for hydroxylation is 1. The normalized spacial score (nSPS) is 19.1. The Hall–Kier alpha value is -2.51. The van der Waals surface area contributed by atoms with Crippen LogP contribution in [0.3, 0.4) is 0 Å². The van der Waals surface area contributed by atoms with Gasteiger partial charge in [-0.3, -0.25) is 0 Å². The van der Waals surface area contributed by atoms with Crippen molar-refractivity contribution in [1.29, 1.82) is 0 Å². The molecule has 1 fully saturated rings. The molecule has 8 heteroatoms. The van der Waals surface area contributed by atoms with Crippen LogP contribution in [-0.4, -0.2) is 37.0 Å². The molecule has 0 spiro atoms. The van der Waals surface area contributed by atoms with Crippen LogP contribution >= 0.6 is 0 Å². The lowest BCUT2D eigenvalue weighted by molar-refractivity contribution is 0.385. The van der Waals surface area contributed by atoms with Gasteiger partial charge in [-0.25, -0.2) is 0 Å². The van der Waals surface area contributed by atoms with Gasteiger partial charge < -0.3 is 9.42 Å². The van der Waals surface area contributed by atoms with Crippen molar-refractivity contribution in [2.75, 3.05) is 11.4 Å². The number of fused-ring (bicyclic) bond motifs is 1. The van der Waals surface area contributed by atoms with Crippen molar-refractivity contribution >= 4 is 11.5 Å². The van der Waals surface area contributed by atoms with E-state index in [-0.39, 0.29) is 6.04 Å². The summed E-state index contributed by atoms with van der Waals surface area (Å²) in [5.41, 5.74) is 1.60. The van der Waals surface area contributed by atoms with Gasteiger partial charge in [0, 0.05) is 12.6 Å². The molecular weight excluding hydrogens is 258 g/mol. The molecule has 20 heavy (non-hydrogen) atoms. The van der Waals surface area contributed by atoms with Crippen molar-refractivity contribution in [3.63, 3.8) is 0 Å². The Balaban J connectivity index is 1.72. The van der Waals surface area contributed by atoms with Gasteiger partial charge in [-0.2, -0.15) is 0 Å². The van der Waals surface area contributed by atoms with Crippen LogP contribution in [0.5, 0.6) is 0 Å². The van der Waals surface area contributed by atoms with Crippen molar-refractivity contribution < 1.29 is 4.52 Å². The van der Waals surface area contributed by atoms with E-state index in [1.807, 2.05) is 25.1 Å². The lowest BCUT2D eigenvalue weighted by Crippen LogP contribution is -2.24. The smallest absolute Gasteiger partial charge is 0.200 e. The number of aromatic nitrogens is 6. The van der Waals surface area contributed by atoms with Gasteiger partial charge in [0.2, 0.25) is 0 Å². The number of nitrogens with zero attached hydrogens (tertiary/aromatic N) is 7. The zero-order chi connectivity index (χ0) is 13.5. The first kappa shape index (κ1) is 11.3. The highest BCUT2D eigenvalue weighted by atomic mass is 16.5. The van der Waals surface area contributed by atoms with E-state index in [0.29, 0.717) is 5.65 Å². The van der Waals surface area contributed by atoms with Crippen LogP contribution in [0.15, 0.2) is 22.7 Å². The summed E-state index contributed by atoms with van der Waals surface area (Å²) in [4.78, 5) is 2.22. The van der Waals surface area contributed by atoms with Gasteiger partial charge in [-0.05, 0) is 42.3 Å². The summed E-state index contributed by atoms with van der Waals surface area (Å²) in [5, 5.41) is 19.9. The van der Waals surface area contributed by atoms with Crippen molar-refractivity contribution in [2.24, 2.45) is 0 Å². The minimum absolute atomic E-state index is 0.203. The van der Waals surface area contributed by atoms with Crippen molar-refractivity contribution in [3.05, 3.63) is 29.7 Å². The summed E-state index contributed by atoms with van der Waals surface area (Å²) < 4.78 is 6.63. The summed E-state index contributed by atoms with van der Waals surface area (Å²) in [6.45, 7) is 2.85. The van der Waals surface area contributed by atoms with E-state index < -0.39 is 0 Å². The minimum atomic E-state index is 0.203. The van der Waals surface area contributed by atoms with Crippen LogP contribution in [0.2, 0.25) is 0 Å². The fourth-order valence-corrected chi connectivity index (χ4v) is 2.68. The van der Waals surface area contributed by atoms with E-state index in [9.17, 15) is 0 Å². The van der Waals surface area contributed by atoms with Gasteiger partial charge in [0.15, 0.2) is 11.5 Å². The number of tetrazole rings is 1. The maximum Gasteiger partial charge on any atom is 0.200 e. The van der Waals surface area contributed by atoms with E-state index in [1.54, 1.807) is 0 Å². The second kappa shape index (κ2) is 4.26. The van der Waals surface area contributed by atoms with Crippen molar-refractivity contribution in [3.8, 4) is 0 Å². The maximum absolute atomic E-state index is 5.18.